The van der Waals surface area contributed by atoms with Crippen LogP contribution >= 0.6 is 7.60 Å². The molecule has 0 bridgehead atoms. The second-order valence-electron chi connectivity index (χ2n) is 5.07. The maximum Gasteiger partial charge on any atom is 0.338 e. The number of aryl methyl sites for hydroxylation is 1. The van der Waals surface area contributed by atoms with Gasteiger partial charge in [0.15, 0.2) is 0 Å². The van der Waals surface area contributed by atoms with Crippen molar-refractivity contribution in [3.8, 4) is 0 Å². The number of hydrogen-bond acceptors (Lipinski definition) is 5. The van der Waals surface area contributed by atoms with Gasteiger partial charge in [0.1, 0.15) is 0 Å². The largest absolute Gasteiger partial charge is 0.459 e. The van der Waals surface area contributed by atoms with Gasteiger partial charge in [-0.2, -0.15) is 0 Å². The normalized spacial score (nSPS) is 11.7. The highest BCUT2D eigenvalue weighted by molar-refractivity contribution is 7.53. The van der Waals surface area contributed by atoms with Crippen molar-refractivity contribution in [2.75, 3.05) is 19.4 Å². The number of rotatable bonds is 9. The fraction of sp³-hybridized carbons (Fsp3) is 0.562. The predicted octanol–water partition coefficient (Wildman–Crippen LogP) is 4.06. The summed E-state index contributed by atoms with van der Waals surface area (Å²) in [6.45, 7) is 7.92. The highest BCUT2D eigenvalue weighted by Crippen LogP contribution is 2.48. The van der Waals surface area contributed by atoms with Crippen molar-refractivity contribution >= 4 is 13.6 Å². The van der Waals surface area contributed by atoms with Crippen LogP contribution in [0.4, 0.5) is 0 Å². The summed E-state index contributed by atoms with van der Waals surface area (Å²) < 4.78 is 28.0. The summed E-state index contributed by atoms with van der Waals surface area (Å²) in [5.74, 6) is -0.337. The lowest BCUT2D eigenvalue weighted by atomic mass is 10.1. The summed E-state index contributed by atoms with van der Waals surface area (Å²) in [7, 11) is -3.03. The summed E-state index contributed by atoms with van der Waals surface area (Å²) in [4.78, 5) is 11.7. The monoisotopic (exact) mass is 328 g/mol. The van der Waals surface area contributed by atoms with Gasteiger partial charge in [-0.25, -0.2) is 4.79 Å². The molecule has 0 aliphatic rings. The lowest BCUT2D eigenvalue weighted by Gasteiger charge is -2.16. The second kappa shape index (κ2) is 9.09. The molecule has 0 unspecified atom stereocenters. The van der Waals surface area contributed by atoms with E-state index in [-0.39, 0.29) is 12.1 Å². The van der Waals surface area contributed by atoms with E-state index < -0.39 is 7.60 Å². The molecule has 0 aliphatic carbocycles. The van der Waals surface area contributed by atoms with Crippen LogP contribution < -0.4 is 0 Å². The molecule has 124 valence electrons. The molecule has 0 aromatic heterocycles. The number of ether oxygens (including phenoxy) is 1. The van der Waals surface area contributed by atoms with Crippen LogP contribution in [0, 0.1) is 0 Å². The second-order valence-corrected chi connectivity index (χ2v) is 7.26. The van der Waals surface area contributed by atoms with E-state index >= 15 is 0 Å². The minimum absolute atomic E-state index is 0.143. The van der Waals surface area contributed by atoms with Gasteiger partial charge in [0.05, 0.1) is 31.0 Å². The summed E-state index contributed by atoms with van der Waals surface area (Å²) in [5.41, 5.74) is 1.48. The molecule has 1 rings (SSSR count). The number of carbonyl (C=O) groups excluding carboxylic acids is 1. The topological polar surface area (TPSA) is 61.8 Å². The molecule has 0 spiro atoms. The third kappa shape index (κ3) is 6.30. The zero-order chi connectivity index (χ0) is 16.6. The SMILES string of the molecule is CCOP(=O)(CCc1ccc(C(=O)OC(C)C)cc1)OCC. The Labute approximate surface area is 132 Å². The fourth-order valence-electron chi connectivity index (χ4n) is 1.92. The van der Waals surface area contributed by atoms with E-state index in [0.717, 1.165) is 5.56 Å². The van der Waals surface area contributed by atoms with Gasteiger partial charge in [-0.15, -0.1) is 0 Å². The highest BCUT2D eigenvalue weighted by Gasteiger charge is 2.23. The van der Waals surface area contributed by atoms with E-state index in [1.54, 1.807) is 26.0 Å². The highest BCUT2D eigenvalue weighted by atomic mass is 31.2. The molecule has 0 aliphatic heterocycles. The summed E-state index contributed by atoms with van der Waals surface area (Å²) in [5, 5.41) is 0. The zero-order valence-corrected chi connectivity index (χ0v) is 14.6. The molecular formula is C16H25O5P. The van der Waals surface area contributed by atoms with E-state index in [2.05, 4.69) is 0 Å². The van der Waals surface area contributed by atoms with Crippen molar-refractivity contribution in [2.24, 2.45) is 0 Å². The fourth-order valence-corrected chi connectivity index (χ4v) is 3.57. The Morgan fingerprint density at radius 3 is 2.09 bits per heavy atom. The third-order valence-electron chi connectivity index (χ3n) is 2.86. The maximum absolute atomic E-state index is 12.4. The molecule has 0 saturated carbocycles. The van der Waals surface area contributed by atoms with Crippen molar-refractivity contribution in [1.82, 2.24) is 0 Å². The number of hydrogen-bond donors (Lipinski definition) is 0. The predicted molar refractivity (Wildman–Crippen MR) is 86.4 cm³/mol. The molecule has 0 amide bonds. The van der Waals surface area contributed by atoms with Crippen LogP contribution in [-0.2, 0) is 24.8 Å². The van der Waals surface area contributed by atoms with Gasteiger partial charge >= 0.3 is 13.6 Å². The molecule has 1 aromatic rings. The summed E-state index contributed by atoms with van der Waals surface area (Å²) in [6, 6.07) is 7.09. The van der Waals surface area contributed by atoms with Gasteiger partial charge in [0.2, 0.25) is 0 Å². The van der Waals surface area contributed by atoms with E-state index in [1.165, 1.54) is 0 Å². The van der Waals surface area contributed by atoms with Crippen LogP contribution in [-0.4, -0.2) is 31.4 Å². The Bertz CT molecular complexity index is 500. The van der Waals surface area contributed by atoms with Crippen LogP contribution in [0.25, 0.3) is 0 Å². The molecule has 0 saturated heterocycles. The Hall–Kier alpha value is -1.16. The molecule has 0 heterocycles. The van der Waals surface area contributed by atoms with Gasteiger partial charge < -0.3 is 13.8 Å². The maximum atomic E-state index is 12.4. The van der Waals surface area contributed by atoms with Crippen molar-refractivity contribution in [1.29, 1.82) is 0 Å². The Kier molecular flexibility index (Phi) is 7.80. The Morgan fingerprint density at radius 2 is 1.64 bits per heavy atom. The first-order chi connectivity index (χ1) is 10.4. The van der Waals surface area contributed by atoms with Gasteiger partial charge in [0.25, 0.3) is 0 Å². The van der Waals surface area contributed by atoms with Crippen LogP contribution in [0.5, 0.6) is 0 Å². The van der Waals surface area contributed by atoms with Crippen LogP contribution in [0.1, 0.15) is 43.6 Å². The van der Waals surface area contributed by atoms with Crippen molar-refractivity contribution in [3.05, 3.63) is 35.4 Å². The smallest absolute Gasteiger partial charge is 0.338 e. The van der Waals surface area contributed by atoms with Crippen molar-refractivity contribution in [3.63, 3.8) is 0 Å². The quantitative estimate of drug-likeness (QED) is 0.505. The first kappa shape index (κ1) is 18.9. The van der Waals surface area contributed by atoms with Gasteiger partial charge in [-0.3, -0.25) is 4.57 Å². The van der Waals surface area contributed by atoms with Gasteiger partial charge in [0, 0.05) is 0 Å². The third-order valence-corrected chi connectivity index (χ3v) is 4.93. The van der Waals surface area contributed by atoms with Crippen LogP contribution in [0.15, 0.2) is 24.3 Å². The van der Waals surface area contributed by atoms with Crippen LogP contribution in [0.2, 0.25) is 0 Å². The summed E-state index contributed by atoms with van der Waals surface area (Å²) in [6.07, 6.45) is 0.747. The average Bonchev–Trinajstić information content (AvgIpc) is 2.45. The molecular weight excluding hydrogens is 303 g/mol. The lowest BCUT2D eigenvalue weighted by Crippen LogP contribution is -2.11. The van der Waals surface area contributed by atoms with E-state index in [9.17, 15) is 9.36 Å². The Balaban J connectivity index is 2.64. The zero-order valence-electron chi connectivity index (χ0n) is 13.7. The van der Waals surface area contributed by atoms with E-state index in [0.29, 0.717) is 31.4 Å². The molecule has 0 N–H and O–H groups in total. The van der Waals surface area contributed by atoms with Crippen molar-refractivity contribution in [2.45, 2.75) is 40.2 Å². The van der Waals surface area contributed by atoms with Crippen LogP contribution in [0.3, 0.4) is 0 Å². The molecule has 22 heavy (non-hydrogen) atoms. The van der Waals surface area contributed by atoms with Crippen molar-refractivity contribution < 1.29 is 23.1 Å². The lowest BCUT2D eigenvalue weighted by molar-refractivity contribution is 0.0378. The first-order valence-corrected chi connectivity index (χ1v) is 9.31. The molecule has 5 nitrogen and oxygen atoms in total. The Morgan fingerprint density at radius 1 is 1.09 bits per heavy atom. The molecule has 0 radical (unpaired) electrons. The first-order valence-electron chi connectivity index (χ1n) is 7.58. The minimum atomic E-state index is -3.03. The summed E-state index contributed by atoms with van der Waals surface area (Å²) >= 11 is 0. The van der Waals surface area contributed by atoms with Gasteiger partial charge in [-0.05, 0) is 51.8 Å². The molecule has 6 heteroatoms. The van der Waals surface area contributed by atoms with Gasteiger partial charge in [-0.1, -0.05) is 12.1 Å². The van der Waals surface area contributed by atoms with E-state index in [1.807, 2.05) is 26.0 Å². The van der Waals surface area contributed by atoms with E-state index in [4.69, 9.17) is 13.8 Å². The minimum Gasteiger partial charge on any atom is -0.459 e. The number of carbonyl (C=O) groups is 1. The molecule has 1 aromatic carbocycles. The number of esters is 1. The molecule has 0 atom stereocenters. The average molecular weight is 328 g/mol. The number of benzene rings is 1. The standard InChI is InChI=1S/C16H25O5P/c1-5-19-22(18,20-6-2)12-11-14-7-9-15(10-8-14)16(17)21-13(3)4/h7-10,13H,5-6,11-12H2,1-4H3. The molecule has 0 fully saturated rings.